The van der Waals surface area contributed by atoms with Gasteiger partial charge in [-0.05, 0) is 44.3 Å². The highest BCUT2D eigenvalue weighted by Gasteiger charge is 2.38. The topological polar surface area (TPSA) is 36.9 Å². The molecular formula is C28H44O4Si. The maximum absolute atomic E-state index is 6.72. The molecule has 0 radical (unpaired) electrons. The zero-order chi connectivity index (χ0) is 24.0. The third-order valence-corrected chi connectivity index (χ3v) is 8.76. The Morgan fingerprint density at radius 1 is 0.788 bits per heavy atom. The van der Waals surface area contributed by atoms with Crippen LogP contribution in [-0.4, -0.2) is 34.5 Å². The molecule has 2 atom stereocenters. The smallest absolute Gasteiger partial charge is 0.369 e. The fourth-order valence-electron chi connectivity index (χ4n) is 3.90. The number of ether oxygens (including phenoxy) is 2. The standard InChI is InChI=1S/C28H44O4Si/c1-6-9-24-31-33(5,27-18-14-11-15-19-27)32-25(4)20-21-28(29-22-7-2,30-23-8-3)26-16-12-10-13-17-26/h10-19,25H,6-9,20-24H2,1-5H3. The van der Waals surface area contributed by atoms with E-state index in [1.165, 1.54) is 5.19 Å². The predicted octanol–water partition coefficient (Wildman–Crippen LogP) is 6.67. The van der Waals surface area contributed by atoms with Crippen molar-refractivity contribution >= 4 is 13.7 Å². The molecule has 4 nitrogen and oxygen atoms in total. The molecule has 0 saturated carbocycles. The van der Waals surface area contributed by atoms with Crippen LogP contribution in [0.2, 0.25) is 6.55 Å². The van der Waals surface area contributed by atoms with Crippen LogP contribution in [0.15, 0.2) is 60.7 Å². The number of benzene rings is 2. The molecule has 0 N–H and O–H groups in total. The minimum Gasteiger partial charge on any atom is -0.391 e. The van der Waals surface area contributed by atoms with Gasteiger partial charge >= 0.3 is 8.56 Å². The van der Waals surface area contributed by atoms with Crippen LogP contribution >= 0.6 is 0 Å². The van der Waals surface area contributed by atoms with Crippen molar-refractivity contribution in [3.63, 3.8) is 0 Å². The van der Waals surface area contributed by atoms with E-state index >= 15 is 0 Å². The Bertz CT molecular complexity index is 747. The second-order valence-electron chi connectivity index (χ2n) is 8.80. The molecule has 184 valence electrons. The number of unbranched alkanes of at least 4 members (excludes halogenated alkanes) is 1. The quantitative estimate of drug-likeness (QED) is 0.146. The Kier molecular flexibility index (Phi) is 12.4. The summed E-state index contributed by atoms with van der Waals surface area (Å²) >= 11 is 0. The van der Waals surface area contributed by atoms with Gasteiger partial charge in [0.05, 0.1) is 13.2 Å². The summed E-state index contributed by atoms with van der Waals surface area (Å²) < 4.78 is 26.0. The molecule has 0 aliphatic rings. The van der Waals surface area contributed by atoms with E-state index in [1.807, 2.05) is 12.1 Å². The summed E-state index contributed by atoms with van der Waals surface area (Å²) in [5, 5.41) is 1.17. The Labute approximate surface area is 202 Å². The lowest BCUT2D eigenvalue weighted by Gasteiger charge is -2.36. The van der Waals surface area contributed by atoms with E-state index in [4.69, 9.17) is 18.3 Å². The van der Waals surface area contributed by atoms with Crippen LogP contribution in [0.1, 0.15) is 71.8 Å². The minimum absolute atomic E-state index is 0.0158. The van der Waals surface area contributed by atoms with Crippen molar-refractivity contribution < 1.29 is 18.3 Å². The van der Waals surface area contributed by atoms with Gasteiger partial charge in [0.1, 0.15) is 0 Å². The van der Waals surface area contributed by atoms with E-state index in [9.17, 15) is 0 Å². The molecule has 0 bridgehead atoms. The van der Waals surface area contributed by atoms with Crippen LogP contribution in [0.25, 0.3) is 0 Å². The van der Waals surface area contributed by atoms with Gasteiger partial charge < -0.3 is 18.3 Å². The first kappa shape index (κ1) is 27.7. The van der Waals surface area contributed by atoms with Crippen molar-refractivity contribution in [1.82, 2.24) is 0 Å². The molecule has 0 amide bonds. The highest BCUT2D eigenvalue weighted by atomic mass is 28.4. The SMILES string of the molecule is CCCCO[Si](C)(OC(C)CCC(OCCC)(OCCC)c1ccccc1)c1ccccc1. The maximum Gasteiger partial charge on any atom is 0.369 e. The van der Waals surface area contributed by atoms with Gasteiger partial charge in [0.25, 0.3) is 0 Å². The molecule has 2 unspecified atom stereocenters. The number of hydrogen-bond acceptors (Lipinski definition) is 4. The van der Waals surface area contributed by atoms with Gasteiger partial charge in [-0.25, -0.2) is 0 Å². The van der Waals surface area contributed by atoms with Gasteiger partial charge in [0.15, 0.2) is 5.79 Å². The second kappa shape index (κ2) is 14.7. The summed E-state index contributed by atoms with van der Waals surface area (Å²) in [5.74, 6) is -0.751. The number of rotatable bonds is 17. The Balaban J connectivity index is 2.18. The van der Waals surface area contributed by atoms with E-state index in [0.29, 0.717) is 13.2 Å². The third kappa shape index (κ3) is 8.65. The summed E-state index contributed by atoms with van der Waals surface area (Å²) in [6, 6.07) is 20.8. The molecule has 0 spiro atoms. The molecule has 2 aromatic rings. The normalized spacial score (nSPS) is 14.7. The summed E-state index contributed by atoms with van der Waals surface area (Å²) in [6.07, 6.45) is 5.60. The Hall–Kier alpha value is -1.50. The fraction of sp³-hybridized carbons (Fsp3) is 0.571. The van der Waals surface area contributed by atoms with E-state index in [2.05, 4.69) is 82.8 Å². The largest absolute Gasteiger partial charge is 0.391 e. The lowest BCUT2D eigenvalue weighted by Crippen LogP contribution is -2.53. The van der Waals surface area contributed by atoms with Crippen molar-refractivity contribution in [2.24, 2.45) is 0 Å². The van der Waals surface area contributed by atoms with Crippen LogP contribution < -0.4 is 5.19 Å². The Morgan fingerprint density at radius 3 is 1.91 bits per heavy atom. The van der Waals surface area contributed by atoms with Crippen molar-refractivity contribution in [1.29, 1.82) is 0 Å². The van der Waals surface area contributed by atoms with Gasteiger partial charge in [0, 0.05) is 24.7 Å². The van der Waals surface area contributed by atoms with Crippen LogP contribution in [0, 0.1) is 0 Å². The lowest BCUT2D eigenvalue weighted by atomic mass is 9.98. The highest BCUT2D eigenvalue weighted by Crippen LogP contribution is 2.34. The molecule has 0 aliphatic heterocycles. The zero-order valence-corrected chi connectivity index (χ0v) is 22.3. The molecule has 33 heavy (non-hydrogen) atoms. The predicted molar refractivity (Wildman–Crippen MR) is 139 cm³/mol. The summed E-state index contributed by atoms with van der Waals surface area (Å²) in [6.45, 7) is 12.8. The average molecular weight is 473 g/mol. The monoisotopic (exact) mass is 472 g/mol. The van der Waals surface area contributed by atoms with E-state index in [1.54, 1.807) is 0 Å². The molecule has 0 fully saturated rings. The van der Waals surface area contributed by atoms with Gasteiger partial charge in [0.2, 0.25) is 0 Å². The molecule has 0 aromatic heterocycles. The fourth-order valence-corrected chi connectivity index (χ4v) is 6.48. The van der Waals surface area contributed by atoms with E-state index < -0.39 is 14.3 Å². The van der Waals surface area contributed by atoms with E-state index in [-0.39, 0.29) is 6.10 Å². The molecule has 5 heteroatoms. The lowest BCUT2D eigenvalue weighted by molar-refractivity contribution is -0.253. The van der Waals surface area contributed by atoms with Crippen molar-refractivity contribution in [3.05, 3.63) is 66.2 Å². The van der Waals surface area contributed by atoms with Crippen LogP contribution in [-0.2, 0) is 24.1 Å². The van der Waals surface area contributed by atoms with Gasteiger partial charge in [-0.3, -0.25) is 0 Å². The summed E-state index contributed by atoms with van der Waals surface area (Å²) in [5.41, 5.74) is 1.07. The van der Waals surface area contributed by atoms with Gasteiger partial charge in [-0.2, -0.15) is 0 Å². The maximum atomic E-state index is 6.72. The highest BCUT2D eigenvalue weighted by molar-refractivity contribution is 6.80. The first-order valence-electron chi connectivity index (χ1n) is 12.7. The molecule has 0 heterocycles. The molecule has 2 rings (SSSR count). The first-order chi connectivity index (χ1) is 16.0. The van der Waals surface area contributed by atoms with Crippen LogP contribution in [0.5, 0.6) is 0 Å². The van der Waals surface area contributed by atoms with Crippen molar-refractivity contribution in [3.8, 4) is 0 Å². The summed E-state index contributed by atoms with van der Waals surface area (Å²) in [7, 11) is -2.53. The summed E-state index contributed by atoms with van der Waals surface area (Å²) in [4.78, 5) is 0. The molecule has 2 aromatic carbocycles. The third-order valence-electron chi connectivity index (χ3n) is 5.77. The molecular weight excluding hydrogens is 428 g/mol. The van der Waals surface area contributed by atoms with Crippen LogP contribution in [0.3, 0.4) is 0 Å². The number of hydrogen-bond donors (Lipinski definition) is 0. The van der Waals surface area contributed by atoms with Gasteiger partial charge in [-0.1, -0.05) is 87.9 Å². The molecule has 0 saturated heterocycles. The van der Waals surface area contributed by atoms with E-state index in [0.717, 1.165) is 50.7 Å². The first-order valence-corrected chi connectivity index (χ1v) is 15.0. The van der Waals surface area contributed by atoms with Crippen LogP contribution in [0.4, 0.5) is 0 Å². The zero-order valence-electron chi connectivity index (χ0n) is 21.3. The average Bonchev–Trinajstić information content (AvgIpc) is 2.85. The molecule has 0 aliphatic carbocycles. The minimum atomic E-state index is -2.53. The van der Waals surface area contributed by atoms with Gasteiger partial charge in [-0.15, -0.1) is 0 Å². The van der Waals surface area contributed by atoms with Crippen molar-refractivity contribution in [2.75, 3.05) is 19.8 Å². The second-order valence-corrected chi connectivity index (χ2v) is 11.8. The Morgan fingerprint density at radius 2 is 1.36 bits per heavy atom. The van der Waals surface area contributed by atoms with Crippen molar-refractivity contribution in [2.45, 2.75) is 84.7 Å².